The average molecular weight is 291 g/mol. The number of amides is 3. The van der Waals surface area contributed by atoms with E-state index in [1.54, 1.807) is 0 Å². The predicted molar refractivity (Wildman–Crippen MR) is 83.8 cm³/mol. The molecule has 0 saturated heterocycles. The van der Waals surface area contributed by atoms with E-state index in [2.05, 4.69) is 17.6 Å². The largest absolute Gasteiger partial charge is 0.354 e. The third kappa shape index (κ3) is 5.45. The molecule has 0 unspecified atom stereocenters. The van der Waals surface area contributed by atoms with Crippen LogP contribution in [0.5, 0.6) is 0 Å². The maximum absolute atomic E-state index is 12.2. The van der Waals surface area contributed by atoms with E-state index in [0.717, 1.165) is 6.42 Å². The molecule has 0 saturated carbocycles. The van der Waals surface area contributed by atoms with E-state index >= 15 is 0 Å². The number of rotatable bonds is 7. The van der Waals surface area contributed by atoms with Crippen molar-refractivity contribution in [2.75, 3.05) is 6.54 Å². The highest BCUT2D eigenvalue weighted by atomic mass is 16.2. The van der Waals surface area contributed by atoms with Gasteiger partial charge in [-0.25, -0.2) is 4.79 Å². The number of hydrogen-bond donors (Lipinski definition) is 3. The summed E-state index contributed by atoms with van der Waals surface area (Å²) in [5, 5.41) is 5.41. The minimum atomic E-state index is -0.674. The molecule has 0 aliphatic carbocycles. The number of urea groups is 1. The van der Waals surface area contributed by atoms with Gasteiger partial charge in [0.2, 0.25) is 5.91 Å². The fraction of sp³-hybridized carbons (Fsp3) is 0.500. The third-order valence-corrected chi connectivity index (χ3v) is 3.74. The molecule has 0 fully saturated rings. The summed E-state index contributed by atoms with van der Waals surface area (Å²) >= 11 is 0. The third-order valence-electron chi connectivity index (χ3n) is 3.74. The highest BCUT2D eigenvalue weighted by molar-refractivity contribution is 5.86. The fourth-order valence-electron chi connectivity index (χ4n) is 2.12. The van der Waals surface area contributed by atoms with Gasteiger partial charge in [0.05, 0.1) is 0 Å². The van der Waals surface area contributed by atoms with Crippen molar-refractivity contribution in [3.8, 4) is 0 Å². The van der Waals surface area contributed by atoms with Crippen LogP contribution in [0.1, 0.15) is 38.7 Å². The van der Waals surface area contributed by atoms with Crippen molar-refractivity contribution >= 4 is 11.9 Å². The van der Waals surface area contributed by atoms with Crippen molar-refractivity contribution < 1.29 is 9.59 Å². The van der Waals surface area contributed by atoms with Gasteiger partial charge in [0.1, 0.15) is 6.04 Å². The second-order valence-electron chi connectivity index (χ2n) is 5.43. The molecule has 1 rings (SSSR count). The predicted octanol–water partition coefficient (Wildman–Crippen LogP) is 1.99. The molecule has 3 amide bonds. The van der Waals surface area contributed by atoms with Crippen molar-refractivity contribution in [1.82, 2.24) is 10.6 Å². The Morgan fingerprint density at radius 3 is 2.33 bits per heavy atom. The van der Waals surface area contributed by atoms with Crippen LogP contribution in [0, 0.1) is 5.92 Å². The Hall–Kier alpha value is -2.04. The van der Waals surface area contributed by atoms with Gasteiger partial charge in [0.15, 0.2) is 0 Å². The van der Waals surface area contributed by atoms with E-state index in [4.69, 9.17) is 5.73 Å². The molecule has 1 aromatic carbocycles. The maximum Gasteiger partial charge on any atom is 0.312 e. The van der Waals surface area contributed by atoms with Gasteiger partial charge in [-0.15, -0.1) is 0 Å². The van der Waals surface area contributed by atoms with Gasteiger partial charge < -0.3 is 16.4 Å². The van der Waals surface area contributed by atoms with Crippen LogP contribution in [-0.2, 0) is 4.79 Å². The molecule has 0 spiro atoms. The molecular weight excluding hydrogens is 266 g/mol. The van der Waals surface area contributed by atoms with E-state index in [-0.39, 0.29) is 17.7 Å². The zero-order chi connectivity index (χ0) is 15.8. The molecule has 0 bridgehead atoms. The second kappa shape index (κ2) is 8.29. The molecule has 3 atom stereocenters. The smallest absolute Gasteiger partial charge is 0.312 e. The summed E-state index contributed by atoms with van der Waals surface area (Å²) < 4.78 is 0. The first-order chi connectivity index (χ1) is 9.95. The molecule has 5 heteroatoms. The Morgan fingerprint density at radius 2 is 1.81 bits per heavy atom. The highest BCUT2D eigenvalue weighted by Crippen LogP contribution is 2.14. The summed E-state index contributed by atoms with van der Waals surface area (Å²) in [6, 6.07) is 8.72. The molecule has 5 nitrogen and oxygen atoms in total. The number of carbonyl (C=O) groups excluding carboxylic acids is 2. The second-order valence-corrected chi connectivity index (χ2v) is 5.43. The lowest BCUT2D eigenvalue weighted by molar-refractivity contribution is -0.124. The summed E-state index contributed by atoms with van der Waals surface area (Å²) in [6.45, 7) is 6.46. The Balaban J connectivity index is 2.59. The standard InChI is InChI=1S/C16H25N3O2/c1-4-11(2)14(19-16(17)21)15(20)18-10-12(3)13-8-6-5-7-9-13/h5-9,11-12,14H,4,10H2,1-3H3,(H,18,20)(H3,17,19,21)/t11-,12+,14-/m0/s1. The summed E-state index contributed by atoms with van der Waals surface area (Å²) in [6.07, 6.45) is 0.784. The summed E-state index contributed by atoms with van der Waals surface area (Å²) in [5.74, 6) is 0.0526. The first-order valence-corrected chi connectivity index (χ1v) is 7.34. The number of carbonyl (C=O) groups is 2. The number of nitrogens with one attached hydrogen (secondary N) is 2. The molecule has 0 aliphatic heterocycles. The normalized spacial score (nSPS) is 14.8. The molecule has 21 heavy (non-hydrogen) atoms. The molecule has 0 aliphatic rings. The molecule has 0 heterocycles. The minimum Gasteiger partial charge on any atom is -0.354 e. The van der Waals surface area contributed by atoms with Crippen molar-refractivity contribution in [1.29, 1.82) is 0 Å². The molecule has 0 aromatic heterocycles. The lowest BCUT2D eigenvalue weighted by Crippen LogP contribution is -2.52. The Bertz CT molecular complexity index is 462. The Morgan fingerprint density at radius 1 is 1.19 bits per heavy atom. The van der Waals surface area contributed by atoms with Crippen LogP contribution in [0.2, 0.25) is 0 Å². The van der Waals surface area contributed by atoms with E-state index in [9.17, 15) is 9.59 Å². The van der Waals surface area contributed by atoms with Crippen molar-refractivity contribution in [2.24, 2.45) is 11.7 Å². The van der Waals surface area contributed by atoms with E-state index < -0.39 is 12.1 Å². The number of primary amides is 1. The van der Waals surface area contributed by atoms with Crippen molar-refractivity contribution in [3.05, 3.63) is 35.9 Å². The van der Waals surface area contributed by atoms with Gasteiger partial charge in [-0.2, -0.15) is 0 Å². The summed E-state index contributed by atoms with van der Waals surface area (Å²) in [4.78, 5) is 23.3. The first kappa shape index (κ1) is 17.0. The van der Waals surface area contributed by atoms with Gasteiger partial charge in [-0.1, -0.05) is 57.5 Å². The van der Waals surface area contributed by atoms with Crippen LogP contribution < -0.4 is 16.4 Å². The van der Waals surface area contributed by atoms with Crippen LogP contribution in [0.25, 0.3) is 0 Å². The van der Waals surface area contributed by atoms with Gasteiger partial charge >= 0.3 is 6.03 Å². The van der Waals surface area contributed by atoms with Crippen LogP contribution in [0.4, 0.5) is 4.79 Å². The average Bonchev–Trinajstić information content (AvgIpc) is 2.49. The zero-order valence-corrected chi connectivity index (χ0v) is 12.9. The van der Waals surface area contributed by atoms with Crippen LogP contribution in [0.15, 0.2) is 30.3 Å². The monoisotopic (exact) mass is 291 g/mol. The SMILES string of the molecule is CC[C@H](C)[C@H](NC(N)=O)C(=O)NC[C@@H](C)c1ccccc1. The molecular formula is C16H25N3O2. The highest BCUT2D eigenvalue weighted by Gasteiger charge is 2.25. The van der Waals surface area contributed by atoms with Gasteiger partial charge in [0.25, 0.3) is 0 Å². The van der Waals surface area contributed by atoms with Crippen molar-refractivity contribution in [3.63, 3.8) is 0 Å². The zero-order valence-electron chi connectivity index (χ0n) is 12.9. The molecule has 1 aromatic rings. The summed E-state index contributed by atoms with van der Waals surface area (Å²) in [5.41, 5.74) is 6.31. The quantitative estimate of drug-likeness (QED) is 0.717. The van der Waals surface area contributed by atoms with E-state index in [1.807, 2.05) is 44.2 Å². The Kier molecular flexibility index (Phi) is 6.72. The minimum absolute atomic E-state index is 0.0320. The molecule has 0 radical (unpaired) electrons. The molecule has 4 N–H and O–H groups in total. The van der Waals surface area contributed by atoms with E-state index in [0.29, 0.717) is 6.54 Å². The number of nitrogens with two attached hydrogens (primary N) is 1. The lowest BCUT2D eigenvalue weighted by atomic mass is 9.97. The van der Waals surface area contributed by atoms with Gasteiger partial charge in [0, 0.05) is 6.54 Å². The first-order valence-electron chi connectivity index (χ1n) is 7.34. The Labute approximate surface area is 126 Å². The summed E-state index contributed by atoms with van der Waals surface area (Å²) in [7, 11) is 0. The van der Waals surface area contributed by atoms with Gasteiger partial charge in [-0.3, -0.25) is 4.79 Å². The number of benzene rings is 1. The fourth-order valence-corrected chi connectivity index (χ4v) is 2.12. The topological polar surface area (TPSA) is 84.2 Å². The van der Waals surface area contributed by atoms with E-state index in [1.165, 1.54) is 5.56 Å². The van der Waals surface area contributed by atoms with Crippen LogP contribution >= 0.6 is 0 Å². The maximum atomic E-state index is 12.2. The molecule has 116 valence electrons. The van der Waals surface area contributed by atoms with Gasteiger partial charge in [-0.05, 0) is 17.4 Å². The lowest BCUT2D eigenvalue weighted by Gasteiger charge is -2.23. The van der Waals surface area contributed by atoms with Crippen LogP contribution in [-0.4, -0.2) is 24.5 Å². The van der Waals surface area contributed by atoms with Crippen molar-refractivity contribution in [2.45, 2.75) is 39.2 Å². The van der Waals surface area contributed by atoms with Crippen LogP contribution in [0.3, 0.4) is 0 Å². The number of hydrogen-bond acceptors (Lipinski definition) is 2.